The summed E-state index contributed by atoms with van der Waals surface area (Å²) in [5.41, 5.74) is 5.28. The lowest BCUT2D eigenvalue weighted by Crippen LogP contribution is -2.32. The van der Waals surface area contributed by atoms with Gasteiger partial charge in [-0.3, -0.25) is 19.3 Å². The maximum Gasteiger partial charge on any atom is 0.265 e. The molecule has 3 N–H and O–H groups in total. The molecule has 0 saturated carbocycles. The van der Waals surface area contributed by atoms with Gasteiger partial charge in [-0.25, -0.2) is 13.9 Å². The highest BCUT2D eigenvalue weighted by Crippen LogP contribution is 2.29. The first kappa shape index (κ1) is 24.4. The lowest BCUT2D eigenvalue weighted by Gasteiger charge is -2.24. The smallest absolute Gasteiger partial charge is 0.265 e. The summed E-state index contributed by atoms with van der Waals surface area (Å²) in [6, 6.07) is 18.9. The molecule has 2 aromatic heterocycles. The van der Waals surface area contributed by atoms with Crippen LogP contribution in [-0.4, -0.2) is 36.0 Å². The Morgan fingerprint density at radius 2 is 1.74 bits per heavy atom. The van der Waals surface area contributed by atoms with Crippen LogP contribution in [0.5, 0.6) is 0 Å². The number of pyridine rings is 1. The summed E-state index contributed by atoms with van der Waals surface area (Å²) >= 11 is 0. The molecule has 4 rings (SSSR count). The number of carbonyl (C=O) groups is 1. The van der Waals surface area contributed by atoms with E-state index in [4.69, 9.17) is 5.21 Å². The fraction of sp³-hybridized carbons (Fsp3) is 0.231. The number of aromatic nitrogens is 2. The SMILES string of the molecule is O=C(CCCCCCN(c1ccc(-c2ccc3cc[nH]c3c2)cc1)S(=O)(=O)c1cccnc1)NO. The van der Waals surface area contributed by atoms with E-state index in [0.717, 1.165) is 34.9 Å². The predicted molar refractivity (Wildman–Crippen MR) is 136 cm³/mol. The number of unbranched alkanes of at least 4 members (excludes halogenated alkanes) is 3. The molecule has 35 heavy (non-hydrogen) atoms. The summed E-state index contributed by atoms with van der Waals surface area (Å²) in [4.78, 5) is 18.5. The van der Waals surface area contributed by atoms with Crippen molar-refractivity contribution in [1.82, 2.24) is 15.4 Å². The van der Waals surface area contributed by atoms with Gasteiger partial charge in [-0.1, -0.05) is 37.1 Å². The molecule has 0 fully saturated rings. The van der Waals surface area contributed by atoms with E-state index >= 15 is 0 Å². The number of hydroxylamine groups is 1. The first-order valence-electron chi connectivity index (χ1n) is 11.5. The molecular formula is C26H28N4O4S. The van der Waals surface area contributed by atoms with Gasteiger partial charge in [0, 0.05) is 37.1 Å². The van der Waals surface area contributed by atoms with Gasteiger partial charge in [0.15, 0.2) is 0 Å². The molecule has 0 aliphatic rings. The number of nitrogens with zero attached hydrogens (tertiary/aromatic N) is 2. The molecule has 2 heterocycles. The first-order chi connectivity index (χ1) is 17.0. The Labute approximate surface area is 204 Å². The van der Waals surface area contributed by atoms with Crippen molar-refractivity contribution in [2.75, 3.05) is 10.8 Å². The highest BCUT2D eigenvalue weighted by molar-refractivity contribution is 7.92. The average molecular weight is 493 g/mol. The van der Waals surface area contributed by atoms with Gasteiger partial charge in [0.25, 0.3) is 10.0 Å². The lowest BCUT2D eigenvalue weighted by molar-refractivity contribution is -0.129. The average Bonchev–Trinajstić information content (AvgIpc) is 3.36. The maximum absolute atomic E-state index is 13.5. The quantitative estimate of drug-likeness (QED) is 0.157. The van der Waals surface area contributed by atoms with Crippen LogP contribution in [0, 0.1) is 0 Å². The maximum atomic E-state index is 13.5. The van der Waals surface area contributed by atoms with Crippen molar-refractivity contribution >= 4 is 32.5 Å². The molecule has 0 radical (unpaired) electrons. The number of benzene rings is 2. The van der Waals surface area contributed by atoms with Crippen LogP contribution in [0.3, 0.4) is 0 Å². The van der Waals surface area contributed by atoms with Gasteiger partial charge >= 0.3 is 0 Å². The molecule has 0 aliphatic heterocycles. The normalized spacial score (nSPS) is 11.5. The number of anilines is 1. The molecule has 4 aromatic rings. The third-order valence-corrected chi connectivity index (χ3v) is 7.72. The van der Waals surface area contributed by atoms with E-state index in [0.29, 0.717) is 25.1 Å². The van der Waals surface area contributed by atoms with Crippen LogP contribution in [0.15, 0.2) is 84.1 Å². The fourth-order valence-electron chi connectivity index (χ4n) is 4.01. The minimum Gasteiger partial charge on any atom is -0.361 e. The molecule has 9 heteroatoms. The van der Waals surface area contributed by atoms with Crippen LogP contribution in [-0.2, 0) is 14.8 Å². The van der Waals surface area contributed by atoms with Crippen LogP contribution in [0.2, 0.25) is 0 Å². The summed E-state index contributed by atoms with van der Waals surface area (Å²) in [5, 5.41) is 9.72. The van der Waals surface area contributed by atoms with Gasteiger partial charge in [0.2, 0.25) is 5.91 Å². The van der Waals surface area contributed by atoms with Crippen molar-refractivity contribution in [2.24, 2.45) is 0 Å². The monoisotopic (exact) mass is 492 g/mol. The van der Waals surface area contributed by atoms with Gasteiger partial charge in [-0.2, -0.15) is 0 Å². The minimum absolute atomic E-state index is 0.140. The molecule has 0 aliphatic carbocycles. The number of nitrogens with one attached hydrogen (secondary N) is 2. The molecule has 0 spiro atoms. The van der Waals surface area contributed by atoms with Crippen LogP contribution < -0.4 is 9.79 Å². The Kier molecular flexibility index (Phi) is 7.79. The van der Waals surface area contributed by atoms with Crippen LogP contribution in [0.4, 0.5) is 5.69 Å². The predicted octanol–water partition coefficient (Wildman–Crippen LogP) is 4.88. The van der Waals surface area contributed by atoms with Crippen LogP contribution in [0.1, 0.15) is 32.1 Å². The third-order valence-electron chi connectivity index (χ3n) is 5.91. The van der Waals surface area contributed by atoms with Crippen molar-refractivity contribution in [3.63, 3.8) is 0 Å². The standard InChI is InChI=1S/C26H28N4O4S/c31-26(29-32)7-3-1-2-4-17-30(35(33,34)24-6-5-15-27-19-24)23-12-10-20(11-13-23)22-9-8-21-14-16-28-25(21)18-22/h5-6,8-16,18-19,28,32H,1-4,7,17H2,(H,29,31). The number of rotatable bonds is 11. The molecule has 1 amide bonds. The molecular weight excluding hydrogens is 464 g/mol. The van der Waals surface area contributed by atoms with E-state index in [1.165, 1.54) is 10.5 Å². The van der Waals surface area contributed by atoms with E-state index in [1.807, 2.05) is 42.6 Å². The van der Waals surface area contributed by atoms with Gasteiger partial charge in [0.1, 0.15) is 4.90 Å². The topological polar surface area (TPSA) is 115 Å². The molecule has 8 nitrogen and oxygen atoms in total. The Balaban J connectivity index is 1.52. The summed E-state index contributed by atoms with van der Waals surface area (Å²) in [7, 11) is -3.79. The largest absolute Gasteiger partial charge is 0.361 e. The second kappa shape index (κ2) is 11.2. The van der Waals surface area contributed by atoms with Crippen molar-refractivity contribution < 1.29 is 18.4 Å². The molecule has 0 bridgehead atoms. The Morgan fingerprint density at radius 1 is 0.971 bits per heavy atom. The second-order valence-corrected chi connectivity index (χ2v) is 10.2. The zero-order valence-corrected chi connectivity index (χ0v) is 20.0. The summed E-state index contributed by atoms with van der Waals surface area (Å²) in [6.07, 6.45) is 7.81. The van der Waals surface area contributed by atoms with Gasteiger partial charge in [-0.15, -0.1) is 0 Å². The Hall–Kier alpha value is -3.69. The van der Waals surface area contributed by atoms with Crippen molar-refractivity contribution in [3.8, 4) is 11.1 Å². The highest BCUT2D eigenvalue weighted by Gasteiger charge is 2.25. The van der Waals surface area contributed by atoms with Crippen LogP contribution in [0.25, 0.3) is 22.0 Å². The van der Waals surface area contributed by atoms with Crippen molar-refractivity contribution in [1.29, 1.82) is 0 Å². The molecule has 0 unspecified atom stereocenters. The fourth-order valence-corrected chi connectivity index (χ4v) is 5.48. The zero-order chi connectivity index (χ0) is 24.7. The number of aromatic amines is 1. The van der Waals surface area contributed by atoms with E-state index in [9.17, 15) is 13.2 Å². The highest BCUT2D eigenvalue weighted by atomic mass is 32.2. The van der Waals surface area contributed by atoms with E-state index in [-0.39, 0.29) is 11.3 Å². The number of hydrogen-bond donors (Lipinski definition) is 3. The molecule has 2 aromatic carbocycles. The summed E-state index contributed by atoms with van der Waals surface area (Å²) in [5.74, 6) is -0.415. The summed E-state index contributed by atoms with van der Waals surface area (Å²) < 4.78 is 28.3. The van der Waals surface area contributed by atoms with Crippen molar-refractivity contribution in [2.45, 2.75) is 37.0 Å². The van der Waals surface area contributed by atoms with Gasteiger partial charge < -0.3 is 4.98 Å². The van der Waals surface area contributed by atoms with Crippen molar-refractivity contribution in [3.05, 3.63) is 79.3 Å². The van der Waals surface area contributed by atoms with E-state index in [1.54, 1.807) is 23.8 Å². The molecule has 0 atom stereocenters. The first-order valence-corrected chi connectivity index (χ1v) is 13.0. The van der Waals surface area contributed by atoms with E-state index < -0.39 is 15.9 Å². The number of sulfonamides is 1. The zero-order valence-electron chi connectivity index (χ0n) is 19.2. The Morgan fingerprint density at radius 3 is 2.49 bits per heavy atom. The Bertz CT molecular complexity index is 1370. The summed E-state index contributed by atoms with van der Waals surface area (Å²) in [6.45, 7) is 0.303. The molecule has 182 valence electrons. The lowest BCUT2D eigenvalue weighted by atomic mass is 10.0. The molecule has 0 saturated heterocycles. The van der Waals surface area contributed by atoms with E-state index in [2.05, 4.69) is 22.1 Å². The minimum atomic E-state index is -3.79. The second-order valence-electron chi connectivity index (χ2n) is 8.29. The van der Waals surface area contributed by atoms with Gasteiger partial charge in [0.05, 0.1) is 5.69 Å². The number of fused-ring (bicyclic) bond motifs is 1. The number of H-pyrrole nitrogens is 1. The number of carbonyl (C=O) groups excluding carboxylic acids is 1. The number of amides is 1. The van der Waals surface area contributed by atoms with Crippen LogP contribution >= 0.6 is 0 Å². The van der Waals surface area contributed by atoms with Gasteiger partial charge in [-0.05, 0) is 65.8 Å². The number of hydrogen-bond acceptors (Lipinski definition) is 5. The third kappa shape index (κ3) is 5.87.